The van der Waals surface area contributed by atoms with E-state index in [-0.39, 0.29) is 0 Å². The first-order chi connectivity index (χ1) is 11.0. The molecule has 1 heterocycles. The largest absolute Gasteiger partial charge is 0.416 e. The van der Waals surface area contributed by atoms with Crippen LogP contribution in [0, 0.1) is 0 Å². The third-order valence-electron chi connectivity index (χ3n) is 3.62. The standard InChI is InChI=1S/C19H15F3N/c20-19(21,22)18-8-4-7-17(13-18)16-9-11-23(12-10-16)14-15-5-2-1-3-6-15/h1-13H,14H2/q+1. The Labute approximate surface area is 132 Å². The Morgan fingerprint density at radius 2 is 1.43 bits per heavy atom. The van der Waals surface area contributed by atoms with Crippen LogP contribution in [0.3, 0.4) is 0 Å². The lowest BCUT2D eigenvalue weighted by Crippen LogP contribution is -2.32. The normalized spacial score (nSPS) is 11.4. The lowest BCUT2D eigenvalue weighted by molar-refractivity contribution is -0.688. The lowest BCUT2D eigenvalue weighted by atomic mass is 10.0. The van der Waals surface area contributed by atoms with Crippen LogP contribution >= 0.6 is 0 Å². The highest BCUT2D eigenvalue weighted by Crippen LogP contribution is 2.31. The van der Waals surface area contributed by atoms with Crippen molar-refractivity contribution >= 4 is 0 Å². The molecule has 3 aromatic rings. The molecule has 1 nitrogen and oxygen atoms in total. The Morgan fingerprint density at radius 3 is 2.09 bits per heavy atom. The molecule has 0 aliphatic rings. The third kappa shape index (κ3) is 3.77. The molecule has 0 radical (unpaired) electrons. The SMILES string of the molecule is FC(F)(F)c1cccc(-c2cc[n+](Cc3ccccc3)cc2)c1. The number of aromatic nitrogens is 1. The van der Waals surface area contributed by atoms with Crippen molar-refractivity contribution < 1.29 is 17.7 Å². The van der Waals surface area contributed by atoms with Gasteiger partial charge < -0.3 is 0 Å². The summed E-state index contributed by atoms with van der Waals surface area (Å²) in [5.74, 6) is 0. The Bertz CT molecular complexity index is 778. The van der Waals surface area contributed by atoms with E-state index < -0.39 is 11.7 Å². The summed E-state index contributed by atoms with van der Waals surface area (Å²) in [7, 11) is 0. The van der Waals surface area contributed by atoms with E-state index in [1.165, 1.54) is 17.7 Å². The molecule has 0 atom stereocenters. The minimum absolute atomic E-state index is 0.562. The highest BCUT2D eigenvalue weighted by atomic mass is 19.4. The lowest BCUT2D eigenvalue weighted by Gasteiger charge is -2.08. The van der Waals surface area contributed by atoms with Crippen LogP contribution in [0.2, 0.25) is 0 Å². The molecule has 0 aliphatic heterocycles. The zero-order valence-electron chi connectivity index (χ0n) is 12.3. The predicted octanol–water partition coefficient (Wildman–Crippen LogP) is 4.71. The van der Waals surface area contributed by atoms with Gasteiger partial charge in [-0.15, -0.1) is 0 Å². The van der Waals surface area contributed by atoms with Crippen molar-refractivity contribution in [3.63, 3.8) is 0 Å². The molecule has 0 aliphatic carbocycles. The zero-order valence-corrected chi connectivity index (χ0v) is 12.3. The van der Waals surface area contributed by atoms with Gasteiger partial charge in [0, 0.05) is 17.7 Å². The van der Waals surface area contributed by atoms with Gasteiger partial charge in [0.1, 0.15) is 0 Å². The number of benzene rings is 2. The maximum absolute atomic E-state index is 12.8. The van der Waals surface area contributed by atoms with Gasteiger partial charge in [-0.05, 0) is 23.3 Å². The predicted molar refractivity (Wildman–Crippen MR) is 82.6 cm³/mol. The van der Waals surface area contributed by atoms with E-state index in [2.05, 4.69) is 0 Å². The highest BCUT2D eigenvalue weighted by Gasteiger charge is 2.30. The van der Waals surface area contributed by atoms with Crippen LogP contribution in [-0.4, -0.2) is 0 Å². The summed E-state index contributed by atoms with van der Waals surface area (Å²) in [6.45, 7) is 0.726. The van der Waals surface area contributed by atoms with Gasteiger partial charge >= 0.3 is 6.18 Å². The fourth-order valence-corrected chi connectivity index (χ4v) is 2.42. The van der Waals surface area contributed by atoms with E-state index in [9.17, 15) is 13.2 Å². The number of rotatable bonds is 3. The maximum atomic E-state index is 12.8. The summed E-state index contributed by atoms with van der Waals surface area (Å²) in [5.41, 5.74) is 1.87. The van der Waals surface area contributed by atoms with Crippen molar-refractivity contribution in [3.05, 3.63) is 90.3 Å². The highest BCUT2D eigenvalue weighted by molar-refractivity contribution is 5.63. The van der Waals surface area contributed by atoms with Gasteiger partial charge in [-0.25, -0.2) is 4.57 Å². The fraction of sp³-hybridized carbons (Fsp3) is 0.105. The van der Waals surface area contributed by atoms with Gasteiger partial charge in [0.25, 0.3) is 0 Å². The number of hydrogen-bond acceptors (Lipinski definition) is 0. The summed E-state index contributed by atoms with van der Waals surface area (Å²) in [4.78, 5) is 0. The molecule has 0 N–H and O–H groups in total. The van der Waals surface area contributed by atoms with E-state index >= 15 is 0 Å². The molecule has 0 spiro atoms. The summed E-state index contributed by atoms with van der Waals surface area (Å²) in [5, 5.41) is 0. The first-order valence-corrected chi connectivity index (χ1v) is 7.23. The van der Waals surface area contributed by atoms with Crippen molar-refractivity contribution in [1.29, 1.82) is 0 Å². The molecule has 1 aromatic heterocycles. The molecule has 0 unspecified atom stereocenters. The van der Waals surface area contributed by atoms with E-state index in [0.717, 1.165) is 18.2 Å². The van der Waals surface area contributed by atoms with Crippen LogP contribution in [0.4, 0.5) is 13.2 Å². The maximum Gasteiger partial charge on any atom is 0.416 e. The second-order valence-corrected chi connectivity index (χ2v) is 5.32. The van der Waals surface area contributed by atoms with Gasteiger partial charge in [0.05, 0.1) is 5.56 Å². The molecule has 23 heavy (non-hydrogen) atoms. The summed E-state index contributed by atoms with van der Waals surface area (Å²) < 4.78 is 40.4. The molecule has 0 saturated carbocycles. The molecule has 0 bridgehead atoms. The van der Waals surface area contributed by atoms with Crippen LogP contribution in [0.25, 0.3) is 11.1 Å². The Hall–Kier alpha value is -2.62. The molecule has 2 aromatic carbocycles. The third-order valence-corrected chi connectivity index (χ3v) is 3.62. The number of pyridine rings is 1. The van der Waals surface area contributed by atoms with E-state index in [1.54, 1.807) is 6.07 Å². The molecular formula is C19H15F3N+. The van der Waals surface area contributed by atoms with Crippen LogP contribution in [0.5, 0.6) is 0 Å². The van der Waals surface area contributed by atoms with Gasteiger partial charge in [0.15, 0.2) is 18.9 Å². The second kappa shape index (κ2) is 6.24. The van der Waals surface area contributed by atoms with Crippen LogP contribution in [-0.2, 0) is 12.7 Å². The van der Waals surface area contributed by atoms with E-state index in [1.807, 2.05) is 59.4 Å². The molecule has 4 heteroatoms. The van der Waals surface area contributed by atoms with Gasteiger partial charge in [-0.2, -0.15) is 13.2 Å². The Balaban J connectivity index is 1.82. The summed E-state index contributed by atoms with van der Waals surface area (Å²) in [6, 6.07) is 19.0. The topological polar surface area (TPSA) is 3.88 Å². The Kier molecular flexibility index (Phi) is 4.15. The van der Waals surface area contributed by atoms with E-state index in [4.69, 9.17) is 0 Å². The number of nitrogens with zero attached hydrogens (tertiary/aromatic N) is 1. The number of alkyl halides is 3. The van der Waals surface area contributed by atoms with Crippen molar-refractivity contribution in [2.45, 2.75) is 12.7 Å². The summed E-state index contributed by atoms with van der Waals surface area (Å²) in [6.07, 6.45) is -0.566. The van der Waals surface area contributed by atoms with Crippen molar-refractivity contribution in [2.24, 2.45) is 0 Å². The van der Waals surface area contributed by atoms with Gasteiger partial charge in [0.2, 0.25) is 0 Å². The van der Waals surface area contributed by atoms with E-state index in [0.29, 0.717) is 5.56 Å². The minimum Gasteiger partial charge on any atom is -0.201 e. The zero-order chi connectivity index (χ0) is 16.3. The number of hydrogen-bond donors (Lipinski definition) is 0. The minimum atomic E-state index is -4.32. The average molecular weight is 314 g/mol. The van der Waals surface area contributed by atoms with Crippen LogP contribution < -0.4 is 4.57 Å². The van der Waals surface area contributed by atoms with Gasteiger partial charge in [-0.3, -0.25) is 0 Å². The smallest absolute Gasteiger partial charge is 0.201 e. The summed E-state index contributed by atoms with van der Waals surface area (Å²) >= 11 is 0. The van der Waals surface area contributed by atoms with Gasteiger partial charge in [-0.1, -0.05) is 42.5 Å². The number of halogens is 3. The molecular weight excluding hydrogens is 299 g/mol. The van der Waals surface area contributed by atoms with Crippen molar-refractivity contribution in [2.75, 3.05) is 0 Å². The second-order valence-electron chi connectivity index (χ2n) is 5.32. The van der Waals surface area contributed by atoms with Crippen molar-refractivity contribution in [1.82, 2.24) is 0 Å². The molecule has 0 amide bonds. The fourth-order valence-electron chi connectivity index (χ4n) is 2.42. The monoisotopic (exact) mass is 314 g/mol. The molecule has 0 fully saturated rings. The quantitative estimate of drug-likeness (QED) is 0.617. The molecule has 0 saturated heterocycles. The Morgan fingerprint density at radius 1 is 0.739 bits per heavy atom. The van der Waals surface area contributed by atoms with Crippen LogP contribution in [0.15, 0.2) is 79.1 Å². The first kappa shape index (κ1) is 15.3. The first-order valence-electron chi connectivity index (χ1n) is 7.23. The van der Waals surface area contributed by atoms with Crippen LogP contribution in [0.1, 0.15) is 11.1 Å². The molecule has 116 valence electrons. The van der Waals surface area contributed by atoms with Crippen molar-refractivity contribution in [3.8, 4) is 11.1 Å². The average Bonchev–Trinajstić information content (AvgIpc) is 2.56. The molecule has 3 rings (SSSR count).